The number of benzene rings is 2. The zero-order valence-corrected chi connectivity index (χ0v) is 20.8. The van der Waals surface area contributed by atoms with Crippen molar-refractivity contribution >= 4 is 59.1 Å². The van der Waals surface area contributed by atoms with Crippen molar-refractivity contribution < 1.29 is 18.4 Å². The Labute approximate surface area is 199 Å². The van der Waals surface area contributed by atoms with Crippen LogP contribution in [0.1, 0.15) is 28.8 Å². The first-order valence-electron chi connectivity index (χ1n) is 10.5. The monoisotopic (exact) mass is 563 g/mol. The fourth-order valence-electron chi connectivity index (χ4n) is 4.74. The molecule has 3 heterocycles. The second-order valence-corrected chi connectivity index (χ2v) is 11.6. The summed E-state index contributed by atoms with van der Waals surface area (Å²) < 4.78 is 31.3. The van der Waals surface area contributed by atoms with Crippen LogP contribution in [-0.2, 0) is 4.79 Å². The van der Waals surface area contributed by atoms with E-state index in [2.05, 4.69) is 26.1 Å². The number of halogens is 3. The molecule has 1 N–H and O–H groups in total. The van der Waals surface area contributed by atoms with Gasteiger partial charge >= 0.3 is 200 Å². The Balaban J connectivity index is 1.40. The van der Waals surface area contributed by atoms with E-state index in [-0.39, 0.29) is 5.69 Å². The van der Waals surface area contributed by atoms with Crippen molar-refractivity contribution in [3.63, 3.8) is 0 Å². The van der Waals surface area contributed by atoms with Crippen LogP contribution >= 0.6 is 15.9 Å². The van der Waals surface area contributed by atoms with Gasteiger partial charge in [0.25, 0.3) is 0 Å². The quantitative estimate of drug-likeness (QED) is 0.354. The molecular formula is C23H21AsBrF2N3O2. The van der Waals surface area contributed by atoms with Crippen LogP contribution in [0.3, 0.4) is 0 Å². The van der Waals surface area contributed by atoms with Gasteiger partial charge < -0.3 is 0 Å². The normalized spacial score (nSPS) is 22.5. The van der Waals surface area contributed by atoms with Gasteiger partial charge in [-0.25, -0.2) is 0 Å². The topological polar surface area (TPSA) is 52.7 Å². The third kappa shape index (κ3) is 4.04. The number of hydrogen-bond donors (Lipinski definition) is 1. The average molecular weight is 564 g/mol. The summed E-state index contributed by atoms with van der Waals surface area (Å²) in [4.78, 5) is 30.5. The number of piperazine rings is 1. The van der Waals surface area contributed by atoms with E-state index < -0.39 is 39.2 Å². The van der Waals surface area contributed by atoms with E-state index >= 15 is 0 Å². The fourth-order valence-corrected chi connectivity index (χ4v) is 7.24. The minimum absolute atomic E-state index is 0.0508. The second kappa shape index (κ2) is 8.73. The zero-order chi connectivity index (χ0) is 22.4. The number of nitrogens with zero attached hydrogens (tertiary/aromatic N) is 2. The Hall–Kier alpha value is -2.02. The molecule has 2 aromatic rings. The van der Waals surface area contributed by atoms with Crippen molar-refractivity contribution in [1.82, 2.24) is 10.2 Å². The molecule has 9 heteroatoms. The van der Waals surface area contributed by atoms with E-state index in [4.69, 9.17) is 0 Å². The molecule has 0 spiro atoms. The predicted octanol–water partition coefficient (Wildman–Crippen LogP) is 2.38. The Morgan fingerprint density at radius 1 is 1.03 bits per heavy atom. The number of rotatable bonds is 3. The van der Waals surface area contributed by atoms with Gasteiger partial charge in [0.2, 0.25) is 0 Å². The average Bonchev–Trinajstić information content (AvgIpc) is 3.21. The summed E-state index contributed by atoms with van der Waals surface area (Å²) in [7, 11) is 0. The van der Waals surface area contributed by atoms with Gasteiger partial charge in [-0.05, 0) is 0 Å². The third-order valence-electron chi connectivity index (χ3n) is 6.29. The molecule has 32 heavy (non-hydrogen) atoms. The molecule has 3 aliphatic rings. The van der Waals surface area contributed by atoms with E-state index in [1.54, 1.807) is 23.1 Å². The van der Waals surface area contributed by atoms with Gasteiger partial charge in [-0.15, -0.1) is 0 Å². The van der Waals surface area contributed by atoms with Crippen LogP contribution in [-0.4, -0.2) is 64.7 Å². The molecule has 0 aliphatic carbocycles. The van der Waals surface area contributed by atoms with Gasteiger partial charge in [-0.2, -0.15) is 0 Å². The van der Waals surface area contributed by atoms with Crippen molar-refractivity contribution in [3.05, 3.63) is 62.4 Å². The van der Waals surface area contributed by atoms with Crippen LogP contribution < -0.4 is 14.6 Å². The van der Waals surface area contributed by atoms with Gasteiger partial charge in [-0.1, -0.05) is 0 Å². The summed E-state index contributed by atoms with van der Waals surface area (Å²) in [6, 6.07) is 8.25. The summed E-state index contributed by atoms with van der Waals surface area (Å²) in [5, 5.41) is 2.33. The second-order valence-electron chi connectivity index (χ2n) is 8.24. The number of carbonyl (C=O) groups excluding carboxylic acids is 2. The van der Waals surface area contributed by atoms with Gasteiger partial charge in [0, 0.05) is 0 Å². The van der Waals surface area contributed by atoms with Crippen molar-refractivity contribution in [2.45, 2.75) is 18.9 Å². The molecule has 2 atom stereocenters. The molecule has 2 aromatic carbocycles. The number of imide groups is 1. The van der Waals surface area contributed by atoms with Crippen LogP contribution in [0.4, 0.5) is 14.5 Å². The number of amides is 2. The summed E-state index contributed by atoms with van der Waals surface area (Å²) in [6.45, 7) is 3.16. The maximum atomic E-state index is 15.0. The van der Waals surface area contributed by atoms with Crippen LogP contribution in [0.2, 0.25) is 0 Å². The Morgan fingerprint density at radius 2 is 1.81 bits per heavy atom. The van der Waals surface area contributed by atoms with Gasteiger partial charge in [0.15, 0.2) is 0 Å². The summed E-state index contributed by atoms with van der Waals surface area (Å²) in [5.74, 6) is -2.05. The molecule has 2 fully saturated rings. The van der Waals surface area contributed by atoms with Crippen molar-refractivity contribution in [2.75, 3.05) is 31.1 Å². The molecule has 0 bridgehead atoms. The van der Waals surface area contributed by atoms with Crippen LogP contribution in [0.5, 0.6) is 0 Å². The first kappa shape index (κ1) is 21.8. The summed E-state index contributed by atoms with van der Waals surface area (Å²) in [5.41, 5.74) is 1.35. The van der Waals surface area contributed by atoms with Gasteiger partial charge in [0.05, 0.1) is 0 Å². The summed E-state index contributed by atoms with van der Waals surface area (Å²) in [6.07, 6.45) is 2.21. The zero-order valence-electron chi connectivity index (χ0n) is 17.1. The molecule has 1 unspecified atom stereocenters. The van der Waals surface area contributed by atoms with E-state index in [0.717, 1.165) is 30.4 Å². The standard InChI is InChI=1S/C23H21AsBrF2N3O2/c25-14-3-4-16-17(10-14)18(23(32)28-22(16)31)11-24-13-8-19(26)21(20(27)9-13)30-7-6-29-5-1-2-15(29)12-30/h3-4,8-11,15,24H,1-2,5-7,12H2,(H,28,31,32)/b18-11-/t15-/m0/s1. The number of fused-ring (bicyclic) bond motifs is 2. The predicted molar refractivity (Wildman–Crippen MR) is 125 cm³/mol. The van der Waals surface area contributed by atoms with Gasteiger partial charge in [-0.3, -0.25) is 0 Å². The number of anilines is 1. The molecule has 0 radical (unpaired) electrons. The molecular weight excluding hydrogens is 543 g/mol. The number of carbonyl (C=O) groups is 2. The van der Waals surface area contributed by atoms with Crippen molar-refractivity contribution in [2.24, 2.45) is 0 Å². The van der Waals surface area contributed by atoms with Crippen LogP contribution in [0, 0.1) is 11.6 Å². The SMILES string of the molecule is O=C1NC(=O)c2ccc(Br)cc2/C1=C/[AsH]c1cc(F)c(N2CCN3CCC[C@H]3C2)c(F)c1. The summed E-state index contributed by atoms with van der Waals surface area (Å²) >= 11 is 2.20. The van der Waals surface area contributed by atoms with Crippen LogP contribution in [0.25, 0.3) is 5.57 Å². The maximum absolute atomic E-state index is 15.0. The molecule has 0 saturated carbocycles. The molecule has 2 saturated heterocycles. The van der Waals surface area contributed by atoms with Crippen molar-refractivity contribution in [3.8, 4) is 0 Å². The molecule has 2 amide bonds. The minimum atomic E-state index is -1.17. The fraction of sp³-hybridized carbons (Fsp3) is 0.304. The van der Waals surface area contributed by atoms with E-state index in [1.165, 1.54) is 12.1 Å². The molecule has 5 nitrogen and oxygen atoms in total. The van der Waals surface area contributed by atoms with E-state index in [9.17, 15) is 18.4 Å². The number of hydrogen-bond acceptors (Lipinski definition) is 4. The van der Waals surface area contributed by atoms with Gasteiger partial charge in [0.1, 0.15) is 0 Å². The molecule has 0 aromatic heterocycles. The Bertz CT molecular complexity index is 1130. The molecule has 5 rings (SSSR count). The third-order valence-corrected chi connectivity index (χ3v) is 9.00. The van der Waals surface area contributed by atoms with Crippen molar-refractivity contribution in [1.29, 1.82) is 0 Å². The first-order chi connectivity index (χ1) is 15.4. The molecule has 166 valence electrons. The van der Waals surface area contributed by atoms with E-state index in [1.807, 2.05) is 4.90 Å². The van der Waals surface area contributed by atoms with Crippen LogP contribution in [0.15, 0.2) is 39.7 Å². The number of nitrogens with one attached hydrogen (secondary N) is 1. The Morgan fingerprint density at radius 3 is 2.59 bits per heavy atom. The Kier molecular flexibility index (Phi) is 5.95. The molecule has 3 aliphatic heterocycles. The van der Waals surface area contributed by atoms with E-state index in [0.29, 0.717) is 40.2 Å². The first-order valence-corrected chi connectivity index (χ1v) is 13.6.